The predicted octanol–water partition coefficient (Wildman–Crippen LogP) is 3.36. The number of nitro benzene ring substituents is 1. The van der Waals surface area contributed by atoms with E-state index in [4.69, 9.17) is 4.74 Å². The fourth-order valence-corrected chi connectivity index (χ4v) is 1.65. The fraction of sp³-hybridized carbons (Fsp3) is 0.143. The third kappa shape index (κ3) is 4.13. The summed E-state index contributed by atoms with van der Waals surface area (Å²) in [5.41, 5.74) is 0.164. The molecule has 0 amide bonds. The van der Waals surface area contributed by atoms with Gasteiger partial charge in [-0.25, -0.2) is 8.78 Å². The number of hydrogen-bond donors (Lipinski definition) is 1. The summed E-state index contributed by atoms with van der Waals surface area (Å²) < 4.78 is 31.4. The van der Waals surface area contributed by atoms with E-state index in [1.165, 1.54) is 30.3 Å². The SMILES string of the molecule is O=[N+]([O-])c1ccc(OCCNc2ccc(F)cc2F)cc1. The van der Waals surface area contributed by atoms with E-state index < -0.39 is 16.6 Å². The number of nitro groups is 1. The van der Waals surface area contributed by atoms with Gasteiger partial charge in [0, 0.05) is 24.7 Å². The number of benzene rings is 2. The predicted molar refractivity (Wildman–Crippen MR) is 73.4 cm³/mol. The topological polar surface area (TPSA) is 64.4 Å². The molecule has 0 heterocycles. The van der Waals surface area contributed by atoms with Crippen LogP contribution in [-0.4, -0.2) is 18.1 Å². The second-order valence-electron chi connectivity index (χ2n) is 4.15. The third-order valence-corrected chi connectivity index (χ3v) is 2.66. The van der Waals surface area contributed by atoms with Gasteiger partial charge in [0.2, 0.25) is 0 Å². The lowest BCUT2D eigenvalue weighted by Crippen LogP contribution is -2.12. The van der Waals surface area contributed by atoms with Crippen molar-refractivity contribution < 1.29 is 18.4 Å². The van der Waals surface area contributed by atoms with Crippen molar-refractivity contribution in [2.24, 2.45) is 0 Å². The molecule has 0 aromatic heterocycles. The van der Waals surface area contributed by atoms with Crippen LogP contribution in [0.15, 0.2) is 42.5 Å². The number of rotatable bonds is 6. The molecule has 110 valence electrons. The third-order valence-electron chi connectivity index (χ3n) is 2.66. The monoisotopic (exact) mass is 294 g/mol. The molecule has 0 aliphatic heterocycles. The Morgan fingerprint density at radius 2 is 1.86 bits per heavy atom. The summed E-state index contributed by atoms with van der Waals surface area (Å²) >= 11 is 0. The zero-order valence-electron chi connectivity index (χ0n) is 10.9. The Morgan fingerprint density at radius 3 is 2.48 bits per heavy atom. The summed E-state index contributed by atoms with van der Waals surface area (Å²) in [6, 6.07) is 8.89. The Bertz CT molecular complexity index is 633. The van der Waals surface area contributed by atoms with Crippen LogP contribution in [0.4, 0.5) is 20.2 Å². The number of ether oxygens (including phenoxy) is 1. The van der Waals surface area contributed by atoms with E-state index in [2.05, 4.69) is 5.32 Å². The molecule has 0 spiro atoms. The van der Waals surface area contributed by atoms with Crippen LogP contribution < -0.4 is 10.1 Å². The molecule has 0 fully saturated rings. The highest BCUT2D eigenvalue weighted by Gasteiger charge is 2.05. The molecule has 0 saturated carbocycles. The van der Waals surface area contributed by atoms with Gasteiger partial charge in [-0.3, -0.25) is 10.1 Å². The molecule has 2 aromatic rings. The second kappa shape index (κ2) is 6.65. The van der Waals surface area contributed by atoms with Crippen molar-refractivity contribution in [3.8, 4) is 5.75 Å². The molecule has 5 nitrogen and oxygen atoms in total. The van der Waals surface area contributed by atoms with Gasteiger partial charge in [-0.1, -0.05) is 0 Å². The number of anilines is 1. The second-order valence-corrected chi connectivity index (χ2v) is 4.15. The lowest BCUT2D eigenvalue weighted by Gasteiger charge is -2.09. The highest BCUT2D eigenvalue weighted by Crippen LogP contribution is 2.17. The minimum absolute atomic E-state index is 0.0196. The van der Waals surface area contributed by atoms with E-state index in [1.807, 2.05) is 0 Å². The number of halogens is 2. The minimum atomic E-state index is -0.676. The molecular formula is C14H12F2N2O3. The van der Waals surface area contributed by atoms with E-state index in [0.29, 0.717) is 12.3 Å². The molecule has 1 N–H and O–H groups in total. The first-order valence-electron chi connectivity index (χ1n) is 6.12. The van der Waals surface area contributed by atoms with Crippen molar-refractivity contribution in [2.75, 3.05) is 18.5 Å². The Hall–Kier alpha value is -2.70. The Balaban J connectivity index is 1.80. The molecular weight excluding hydrogens is 282 g/mol. The highest BCUT2D eigenvalue weighted by molar-refractivity contribution is 5.44. The van der Waals surface area contributed by atoms with E-state index >= 15 is 0 Å². The number of non-ortho nitro benzene ring substituents is 1. The Morgan fingerprint density at radius 1 is 1.14 bits per heavy atom. The van der Waals surface area contributed by atoms with Crippen LogP contribution in [0.25, 0.3) is 0 Å². The van der Waals surface area contributed by atoms with Gasteiger partial charge in [-0.05, 0) is 24.3 Å². The molecule has 0 aliphatic carbocycles. The van der Waals surface area contributed by atoms with Crippen LogP contribution in [0.1, 0.15) is 0 Å². The molecule has 0 atom stereocenters. The first-order chi connectivity index (χ1) is 10.1. The molecule has 0 bridgehead atoms. The van der Waals surface area contributed by atoms with E-state index in [9.17, 15) is 18.9 Å². The number of nitrogens with zero attached hydrogens (tertiary/aromatic N) is 1. The summed E-state index contributed by atoms with van der Waals surface area (Å²) in [5.74, 6) is -0.840. The summed E-state index contributed by atoms with van der Waals surface area (Å²) in [7, 11) is 0. The van der Waals surface area contributed by atoms with Crippen LogP contribution in [0, 0.1) is 21.7 Å². The maximum Gasteiger partial charge on any atom is 0.269 e. The smallest absolute Gasteiger partial charge is 0.269 e. The zero-order chi connectivity index (χ0) is 15.2. The lowest BCUT2D eigenvalue weighted by molar-refractivity contribution is -0.384. The molecule has 0 unspecified atom stereocenters. The molecule has 7 heteroatoms. The molecule has 2 rings (SSSR count). The molecule has 21 heavy (non-hydrogen) atoms. The maximum atomic E-state index is 13.3. The van der Waals surface area contributed by atoms with Crippen LogP contribution in [0.3, 0.4) is 0 Å². The maximum absolute atomic E-state index is 13.3. The van der Waals surface area contributed by atoms with Crippen LogP contribution in [0.5, 0.6) is 5.75 Å². The van der Waals surface area contributed by atoms with Gasteiger partial charge in [-0.2, -0.15) is 0 Å². The Kier molecular flexibility index (Phi) is 4.65. The van der Waals surface area contributed by atoms with Gasteiger partial charge in [0.1, 0.15) is 24.0 Å². The van der Waals surface area contributed by atoms with Gasteiger partial charge >= 0.3 is 0 Å². The summed E-state index contributed by atoms with van der Waals surface area (Å²) in [4.78, 5) is 9.98. The van der Waals surface area contributed by atoms with Crippen LogP contribution in [0.2, 0.25) is 0 Å². The lowest BCUT2D eigenvalue weighted by atomic mass is 10.3. The van der Waals surface area contributed by atoms with Gasteiger partial charge in [0.25, 0.3) is 5.69 Å². The van der Waals surface area contributed by atoms with Gasteiger partial charge in [0.05, 0.1) is 10.6 Å². The molecule has 0 aliphatic rings. The van der Waals surface area contributed by atoms with Gasteiger partial charge in [0.15, 0.2) is 0 Å². The normalized spacial score (nSPS) is 10.2. The van der Waals surface area contributed by atoms with Crippen molar-refractivity contribution in [3.05, 3.63) is 64.2 Å². The van der Waals surface area contributed by atoms with Crippen LogP contribution in [-0.2, 0) is 0 Å². The van der Waals surface area contributed by atoms with Crippen LogP contribution >= 0.6 is 0 Å². The Labute approximate surface area is 119 Å². The van der Waals surface area contributed by atoms with E-state index in [0.717, 1.165) is 12.1 Å². The molecule has 0 radical (unpaired) electrons. The number of nitrogens with one attached hydrogen (secondary N) is 1. The average Bonchev–Trinajstić information content (AvgIpc) is 2.46. The molecule has 0 saturated heterocycles. The van der Waals surface area contributed by atoms with Crippen molar-refractivity contribution in [3.63, 3.8) is 0 Å². The van der Waals surface area contributed by atoms with Gasteiger partial charge < -0.3 is 10.1 Å². The van der Waals surface area contributed by atoms with E-state index in [1.54, 1.807) is 0 Å². The fourth-order valence-electron chi connectivity index (χ4n) is 1.65. The van der Waals surface area contributed by atoms with Crippen molar-refractivity contribution in [1.82, 2.24) is 0 Å². The summed E-state index contributed by atoms with van der Waals surface area (Å²) in [5, 5.41) is 13.2. The first-order valence-corrected chi connectivity index (χ1v) is 6.12. The van der Waals surface area contributed by atoms with Gasteiger partial charge in [-0.15, -0.1) is 0 Å². The largest absolute Gasteiger partial charge is 0.492 e. The summed E-state index contributed by atoms with van der Waals surface area (Å²) in [6.45, 7) is 0.536. The standard InChI is InChI=1S/C14H12F2N2O3/c15-10-1-6-14(13(16)9-10)17-7-8-21-12-4-2-11(3-5-12)18(19)20/h1-6,9,17H,7-8H2. The molecule has 2 aromatic carbocycles. The minimum Gasteiger partial charge on any atom is -0.492 e. The first kappa shape index (κ1) is 14.7. The summed E-state index contributed by atoms with van der Waals surface area (Å²) in [6.07, 6.45) is 0. The highest BCUT2D eigenvalue weighted by atomic mass is 19.1. The quantitative estimate of drug-likeness (QED) is 0.504. The van der Waals surface area contributed by atoms with Crippen molar-refractivity contribution in [1.29, 1.82) is 0 Å². The average molecular weight is 294 g/mol. The van der Waals surface area contributed by atoms with Crippen molar-refractivity contribution in [2.45, 2.75) is 0 Å². The van der Waals surface area contributed by atoms with E-state index in [-0.39, 0.29) is 18.0 Å². The van der Waals surface area contributed by atoms with Crippen molar-refractivity contribution >= 4 is 11.4 Å². The number of hydrogen-bond acceptors (Lipinski definition) is 4. The zero-order valence-corrected chi connectivity index (χ0v) is 10.9.